The van der Waals surface area contributed by atoms with Gasteiger partial charge in [-0.1, -0.05) is 18.5 Å². The van der Waals surface area contributed by atoms with Crippen molar-refractivity contribution in [2.24, 2.45) is 0 Å². The maximum Gasteiger partial charge on any atom is 0.229 e. The molecule has 0 unspecified atom stereocenters. The van der Waals surface area contributed by atoms with E-state index in [-0.39, 0.29) is 0 Å². The van der Waals surface area contributed by atoms with Crippen molar-refractivity contribution in [3.63, 3.8) is 0 Å². The molecular formula is C14H17ClN2O2S2. The Kier molecular flexibility index (Phi) is 5.13. The van der Waals surface area contributed by atoms with Crippen LogP contribution >= 0.6 is 22.9 Å². The topological polar surface area (TPSA) is 58.2 Å². The van der Waals surface area contributed by atoms with Gasteiger partial charge in [-0.15, -0.1) is 11.3 Å². The van der Waals surface area contributed by atoms with E-state index < -0.39 is 10.0 Å². The average molecular weight is 345 g/mol. The third-order valence-corrected chi connectivity index (χ3v) is 4.93. The molecule has 0 saturated heterocycles. The zero-order chi connectivity index (χ0) is 15.5. The molecule has 0 saturated carbocycles. The van der Waals surface area contributed by atoms with Gasteiger partial charge in [-0.25, -0.2) is 8.42 Å². The predicted octanol–water partition coefficient (Wildman–Crippen LogP) is 3.95. The number of sulfonamides is 1. The van der Waals surface area contributed by atoms with Crippen LogP contribution in [0.5, 0.6) is 0 Å². The van der Waals surface area contributed by atoms with Gasteiger partial charge in [0.15, 0.2) is 0 Å². The monoisotopic (exact) mass is 344 g/mol. The quantitative estimate of drug-likeness (QED) is 0.834. The molecule has 7 heteroatoms. The van der Waals surface area contributed by atoms with Crippen LogP contribution in [0.1, 0.15) is 16.7 Å². The van der Waals surface area contributed by atoms with Crippen LogP contribution in [0.3, 0.4) is 0 Å². The van der Waals surface area contributed by atoms with Crippen LogP contribution in [0.25, 0.3) is 0 Å². The highest BCUT2D eigenvalue weighted by molar-refractivity contribution is 7.92. The van der Waals surface area contributed by atoms with Crippen molar-refractivity contribution in [2.75, 3.05) is 16.3 Å². The molecule has 1 aromatic heterocycles. The van der Waals surface area contributed by atoms with Crippen molar-refractivity contribution >= 4 is 44.3 Å². The molecule has 1 heterocycles. The molecule has 2 rings (SSSR count). The van der Waals surface area contributed by atoms with Crippen LogP contribution < -0.4 is 10.0 Å². The smallest absolute Gasteiger partial charge is 0.229 e. The lowest BCUT2D eigenvalue weighted by Crippen LogP contribution is -2.10. The van der Waals surface area contributed by atoms with Crippen molar-refractivity contribution < 1.29 is 8.42 Å². The van der Waals surface area contributed by atoms with E-state index >= 15 is 0 Å². The molecular weight excluding hydrogens is 328 g/mol. The van der Waals surface area contributed by atoms with E-state index in [1.54, 1.807) is 29.5 Å². The Balaban J connectivity index is 2.03. The van der Waals surface area contributed by atoms with E-state index in [9.17, 15) is 8.42 Å². The minimum Gasteiger partial charge on any atom is -0.380 e. The van der Waals surface area contributed by atoms with Crippen LogP contribution in [0.15, 0.2) is 30.3 Å². The fraction of sp³-hybridized carbons (Fsp3) is 0.286. The first-order valence-corrected chi connectivity index (χ1v) is 9.55. The number of hydrogen-bond acceptors (Lipinski definition) is 4. The summed E-state index contributed by atoms with van der Waals surface area (Å²) in [4.78, 5) is 2.61. The number of thiophene rings is 1. The fourth-order valence-corrected chi connectivity index (χ4v) is 3.56. The zero-order valence-corrected chi connectivity index (χ0v) is 14.2. The van der Waals surface area contributed by atoms with E-state index in [2.05, 4.69) is 29.1 Å². The van der Waals surface area contributed by atoms with Gasteiger partial charge in [0.1, 0.15) is 0 Å². The second-order valence-corrected chi connectivity index (χ2v) is 8.05. The number of anilines is 2. The molecule has 0 aliphatic heterocycles. The second kappa shape index (κ2) is 6.68. The van der Waals surface area contributed by atoms with Gasteiger partial charge in [0.05, 0.1) is 17.0 Å². The molecule has 4 nitrogen and oxygen atoms in total. The largest absolute Gasteiger partial charge is 0.380 e. The Hall–Kier alpha value is -1.24. The van der Waals surface area contributed by atoms with Gasteiger partial charge in [0.2, 0.25) is 10.0 Å². The van der Waals surface area contributed by atoms with E-state index in [4.69, 9.17) is 11.6 Å². The van der Waals surface area contributed by atoms with Gasteiger partial charge >= 0.3 is 0 Å². The summed E-state index contributed by atoms with van der Waals surface area (Å²) in [5, 5.41) is 3.64. The van der Waals surface area contributed by atoms with Gasteiger partial charge in [-0.2, -0.15) is 0 Å². The molecule has 2 N–H and O–H groups in total. The summed E-state index contributed by atoms with van der Waals surface area (Å²) >= 11 is 7.86. The average Bonchev–Trinajstić information content (AvgIpc) is 2.86. The van der Waals surface area contributed by atoms with Crippen LogP contribution in [0, 0.1) is 0 Å². The molecule has 0 fully saturated rings. The molecule has 1 aromatic carbocycles. The first-order chi connectivity index (χ1) is 9.87. The molecule has 0 atom stereocenters. The molecule has 0 amide bonds. The maximum absolute atomic E-state index is 11.2. The fourth-order valence-electron chi connectivity index (χ4n) is 1.80. The maximum atomic E-state index is 11.2. The van der Waals surface area contributed by atoms with Crippen LogP contribution in [0.2, 0.25) is 5.02 Å². The van der Waals surface area contributed by atoms with Crippen molar-refractivity contribution in [3.05, 3.63) is 45.1 Å². The highest BCUT2D eigenvalue weighted by Crippen LogP contribution is 2.27. The summed E-state index contributed by atoms with van der Waals surface area (Å²) in [6, 6.07) is 9.40. The van der Waals surface area contributed by atoms with E-state index in [1.807, 2.05) is 0 Å². The Labute approximate surface area is 134 Å². The summed E-state index contributed by atoms with van der Waals surface area (Å²) < 4.78 is 24.8. The van der Waals surface area contributed by atoms with Gasteiger partial charge in [-0.05, 0) is 36.8 Å². The van der Waals surface area contributed by atoms with Gasteiger partial charge in [-0.3, -0.25) is 4.72 Å². The lowest BCUT2D eigenvalue weighted by Gasteiger charge is -2.09. The van der Waals surface area contributed by atoms with Crippen LogP contribution in [-0.4, -0.2) is 14.7 Å². The first kappa shape index (κ1) is 16.1. The number of halogens is 1. The molecule has 0 aliphatic rings. The Morgan fingerprint density at radius 2 is 1.90 bits per heavy atom. The Bertz CT molecular complexity index is 726. The highest BCUT2D eigenvalue weighted by Gasteiger charge is 2.07. The number of aryl methyl sites for hydroxylation is 1. The second-order valence-electron chi connectivity index (χ2n) is 4.64. The SMILES string of the molecule is CCc1ccc(CNc2ccc(NS(C)(=O)=O)c(Cl)c2)s1. The minimum absolute atomic E-state index is 0.367. The molecule has 0 spiro atoms. The predicted molar refractivity (Wildman–Crippen MR) is 90.9 cm³/mol. The summed E-state index contributed by atoms with van der Waals surface area (Å²) in [6.07, 6.45) is 2.14. The van der Waals surface area contributed by atoms with E-state index in [0.29, 0.717) is 10.7 Å². The normalized spacial score (nSPS) is 11.4. The van der Waals surface area contributed by atoms with Crippen LogP contribution in [0.4, 0.5) is 11.4 Å². The van der Waals surface area contributed by atoms with Crippen molar-refractivity contribution in [1.82, 2.24) is 0 Å². The summed E-state index contributed by atoms with van der Waals surface area (Å²) in [5.41, 5.74) is 1.24. The van der Waals surface area contributed by atoms with E-state index in [1.165, 1.54) is 9.75 Å². The molecule has 0 aliphatic carbocycles. The summed E-state index contributed by atoms with van der Waals surface area (Å²) in [6.45, 7) is 2.86. The lowest BCUT2D eigenvalue weighted by molar-refractivity contribution is 0.607. The Morgan fingerprint density at radius 3 is 2.48 bits per heavy atom. The highest BCUT2D eigenvalue weighted by atomic mass is 35.5. The number of benzene rings is 1. The van der Waals surface area contributed by atoms with Gasteiger partial charge in [0.25, 0.3) is 0 Å². The minimum atomic E-state index is -3.32. The molecule has 0 bridgehead atoms. The van der Waals surface area contributed by atoms with Crippen molar-refractivity contribution in [2.45, 2.75) is 19.9 Å². The summed E-state index contributed by atoms with van der Waals surface area (Å²) in [7, 11) is -3.32. The lowest BCUT2D eigenvalue weighted by atomic mass is 10.3. The number of hydrogen-bond donors (Lipinski definition) is 2. The van der Waals surface area contributed by atoms with Gasteiger partial charge in [0, 0.05) is 22.0 Å². The van der Waals surface area contributed by atoms with E-state index in [0.717, 1.165) is 24.9 Å². The molecule has 0 radical (unpaired) electrons. The molecule has 114 valence electrons. The first-order valence-electron chi connectivity index (χ1n) is 6.46. The standard InChI is InChI=1S/C14H17ClN2O2S2/c1-3-11-5-6-12(20-11)9-16-10-4-7-14(13(15)8-10)17-21(2,18)19/h4-8,16-17H,3,9H2,1-2H3. The molecule has 21 heavy (non-hydrogen) atoms. The van der Waals surface area contributed by atoms with Crippen LogP contribution in [-0.2, 0) is 23.0 Å². The third kappa shape index (κ3) is 4.91. The molecule has 2 aromatic rings. The number of rotatable bonds is 6. The van der Waals surface area contributed by atoms with Crippen molar-refractivity contribution in [1.29, 1.82) is 0 Å². The summed E-state index contributed by atoms with van der Waals surface area (Å²) in [5.74, 6) is 0. The Morgan fingerprint density at radius 1 is 1.19 bits per heavy atom. The van der Waals surface area contributed by atoms with Gasteiger partial charge < -0.3 is 5.32 Å². The third-order valence-electron chi connectivity index (χ3n) is 2.80. The van der Waals surface area contributed by atoms with Crippen molar-refractivity contribution in [3.8, 4) is 0 Å². The zero-order valence-electron chi connectivity index (χ0n) is 11.8. The number of nitrogens with one attached hydrogen (secondary N) is 2.